The molecule has 1 aromatic carbocycles. The Balaban J connectivity index is 1.54. The fourth-order valence-electron chi connectivity index (χ4n) is 2.56. The van der Waals surface area contributed by atoms with E-state index in [9.17, 15) is 4.79 Å². The van der Waals surface area contributed by atoms with Crippen LogP contribution in [0.1, 0.15) is 32.6 Å². The van der Waals surface area contributed by atoms with Gasteiger partial charge in [-0.05, 0) is 31.4 Å². The molecule has 1 aromatic rings. The van der Waals surface area contributed by atoms with E-state index in [0.717, 1.165) is 44.9 Å². The Labute approximate surface area is 155 Å². The SMILES string of the molecule is CN=C(NCCCNC(=O)C1CCC1)NCC(C)Sc1ccccc1. The lowest BCUT2D eigenvalue weighted by molar-refractivity contribution is -0.127. The fraction of sp³-hybridized carbons (Fsp3) is 0.579. The number of thioether (sulfide) groups is 1. The van der Waals surface area contributed by atoms with Gasteiger partial charge in [-0.3, -0.25) is 9.79 Å². The molecule has 1 aliphatic carbocycles. The van der Waals surface area contributed by atoms with Gasteiger partial charge in [0.25, 0.3) is 0 Å². The number of carbonyl (C=O) groups excluding carboxylic acids is 1. The minimum atomic E-state index is 0.223. The van der Waals surface area contributed by atoms with Crippen molar-refractivity contribution in [1.29, 1.82) is 0 Å². The average molecular weight is 363 g/mol. The van der Waals surface area contributed by atoms with Crippen molar-refractivity contribution < 1.29 is 4.79 Å². The van der Waals surface area contributed by atoms with Crippen molar-refractivity contribution in [2.75, 3.05) is 26.7 Å². The molecule has 138 valence electrons. The van der Waals surface area contributed by atoms with Crippen LogP contribution in [0.25, 0.3) is 0 Å². The number of hydrogen-bond donors (Lipinski definition) is 3. The second-order valence-electron chi connectivity index (χ2n) is 6.39. The number of aliphatic imine (C=N–C) groups is 1. The molecule has 1 amide bonds. The Morgan fingerprint density at radius 3 is 2.56 bits per heavy atom. The van der Waals surface area contributed by atoms with Crippen LogP contribution in [0.2, 0.25) is 0 Å². The Kier molecular flexibility index (Phi) is 8.66. The van der Waals surface area contributed by atoms with Gasteiger partial charge in [0, 0.05) is 42.7 Å². The van der Waals surface area contributed by atoms with E-state index < -0.39 is 0 Å². The minimum Gasteiger partial charge on any atom is -0.356 e. The van der Waals surface area contributed by atoms with Crippen LogP contribution in [0.5, 0.6) is 0 Å². The van der Waals surface area contributed by atoms with E-state index in [1.54, 1.807) is 7.05 Å². The van der Waals surface area contributed by atoms with Gasteiger partial charge in [0.1, 0.15) is 0 Å². The van der Waals surface area contributed by atoms with E-state index in [0.29, 0.717) is 5.25 Å². The van der Waals surface area contributed by atoms with Gasteiger partial charge in [0.2, 0.25) is 5.91 Å². The van der Waals surface area contributed by atoms with E-state index in [4.69, 9.17) is 0 Å². The summed E-state index contributed by atoms with van der Waals surface area (Å²) >= 11 is 1.85. The number of rotatable bonds is 9. The zero-order chi connectivity index (χ0) is 17.9. The molecule has 0 aliphatic heterocycles. The monoisotopic (exact) mass is 362 g/mol. The summed E-state index contributed by atoms with van der Waals surface area (Å²) in [6, 6.07) is 10.4. The first kappa shape index (κ1) is 19.6. The van der Waals surface area contributed by atoms with Crippen LogP contribution in [0.15, 0.2) is 40.2 Å². The van der Waals surface area contributed by atoms with Crippen molar-refractivity contribution in [2.24, 2.45) is 10.9 Å². The second kappa shape index (κ2) is 11.0. The Bertz CT molecular complexity index is 546. The van der Waals surface area contributed by atoms with Crippen LogP contribution in [0.3, 0.4) is 0 Å². The summed E-state index contributed by atoms with van der Waals surface area (Å²) in [6.07, 6.45) is 4.20. The van der Waals surface area contributed by atoms with Crippen molar-refractivity contribution in [3.8, 4) is 0 Å². The highest BCUT2D eigenvalue weighted by Gasteiger charge is 2.24. The maximum absolute atomic E-state index is 11.7. The lowest BCUT2D eigenvalue weighted by Crippen LogP contribution is -2.41. The van der Waals surface area contributed by atoms with Gasteiger partial charge >= 0.3 is 0 Å². The molecule has 25 heavy (non-hydrogen) atoms. The van der Waals surface area contributed by atoms with Crippen molar-refractivity contribution in [1.82, 2.24) is 16.0 Å². The largest absolute Gasteiger partial charge is 0.356 e. The molecule has 0 aromatic heterocycles. The van der Waals surface area contributed by atoms with Crippen LogP contribution in [-0.2, 0) is 4.79 Å². The van der Waals surface area contributed by atoms with Crippen LogP contribution in [-0.4, -0.2) is 43.8 Å². The number of amides is 1. The van der Waals surface area contributed by atoms with Crippen LogP contribution in [0, 0.1) is 5.92 Å². The van der Waals surface area contributed by atoms with Gasteiger partial charge in [-0.1, -0.05) is 31.5 Å². The lowest BCUT2D eigenvalue weighted by atomic mass is 9.85. The smallest absolute Gasteiger partial charge is 0.223 e. The van der Waals surface area contributed by atoms with Gasteiger partial charge in [-0.25, -0.2) is 0 Å². The van der Waals surface area contributed by atoms with Crippen LogP contribution >= 0.6 is 11.8 Å². The summed E-state index contributed by atoms with van der Waals surface area (Å²) in [7, 11) is 1.78. The van der Waals surface area contributed by atoms with E-state index >= 15 is 0 Å². The number of nitrogens with one attached hydrogen (secondary N) is 3. The molecule has 1 atom stereocenters. The first-order chi connectivity index (χ1) is 12.2. The summed E-state index contributed by atoms with van der Waals surface area (Å²) in [4.78, 5) is 17.3. The average Bonchev–Trinajstić information content (AvgIpc) is 2.56. The standard InChI is InChI=1S/C19H30N4OS/c1-15(25-17-10-4-3-5-11-17)14-23-19(20-2)22-13-7-12-21-18(24)16-8-6-9-16/h3-5,10-11,15-16H,6-9,12-14H2,1-2H3,(H,21,24)(H2,20,22,23). The maximum atomic E-state index is 11.7. The molecule has 0 bridgehead atoms. The Hall–Kier alpha value is -1.69. The molecule has 0 spiro atoms. The summed E-state index contributed by atoms with van der Waals surface area (Å²) in [5.41, 5.74) is 0. The van der Waals surface area contributed by atoms with Gasteiger partial charge in [-0.2, -0.15) is 0 Å². The molecular formula is C19H30N4OS. The molecule has 0 heterocycles. The molecule has 0 saturated heterocycles. The predicted octanol–water partition coefficient (Wildman–Crippen LogP) is 2.64. The minimum absolute atomic E-state index is 0.223. The summed E-state index contributed by atoms with van der Waals surface area (Å²) in [5.74, 6) is 1.30. The molecule has 3 N–H and O–H groups in total. The third-order valence-electron chi connectivity index (χ3n) is 4.28. The van der Waals surface area contributed by atoms with Crippen molar-refractivity contribution in [3.05, 3.63) is 30.3 Å². The molecule has 6 heteroatoms. The van der Waals surface area contributed by atoms with E-state index in [-0.39, 0.29) is 11.8 Å². The molecule has 2 rings (SSSR count). The molecule has 1 saturated carbocycles. The van der Waals surface area contributed by atoms with E-state index in [2.05, 4.69) is 52.1 Å². The lowest BCUT2D eigenvalue weighted by Gasteiger charge is -2.24. The van der Waals surface area contributed by atoms with Gasteiger partial charge in [-0.15, -0.1) is 11.8 Å². The third-order valence-corrected chi connectivity index (χ3v) is 5.40. The molecule has 0 radical (unpaired) electrons. The molecule has 1 unspecified atom stereocenters. The third kappa shape index (κ3) is 7.38. The highest BCUT2D eigenvalue weighted by atomic mass is 32.2. The summed E-state index contributed by atoms with van der Waals surface area (Å²) < 4.78 is 0. The molecule has 1 fully saturated rings. The van der Waals surface area contributed by atoms with Crippen molar-refractivity contribution >= 4 is 23.6 Å². The number of carbonyl (C=O) groups is 1. The van der Waals surface area contributed by atoms with Gasteiger partial charge < -0.3 is 16.0 Å². The normalized spacial score (nSPS) is 16.0. The topological polar surface area (TPSA) is 65.5 Å². The number of nitrogens with zero attached hydrogens (tertiary/aromatic N) is 1. The zero-order valence-electron chi connectivity index (χ0n) is 15.3. The highest BCUT2D eigenvalue weighted by molar-refractivity contribution is 8.00. The number of guanidine groups is 1. The number of benzene rings is 1. The zero-order valence-corrected chi connectivity index (χ0v) is 16.1. The maximum Gasteiger partial charge on any atom is 0.223 e. The van der Waals surface area contributed by atoms with Crippen molar-refractivity contribution in [3.63, 3.8) is 0 Å². The summed E-state index contributed by atoms with van der Waals surface area (Å²) in [5, 5.41) is 10.1. The van der Waals surface area contributed by atoms with Gasteiger partial charge in [0.05, 0.1) is 0 Å². The first-order valence-corrected chi connectivity index (χ1v) is 10.0. The van der Waals surface area contributed by atoms with E-state index in [1.165, 1.54) is 11.3 Å². The van der Waals surface area contributed by atoms with E-state index in [1.807, 2.05) is 17.8 Å². The highest BCUT2D eigenvalue weighted by Crippen LogP contribution is 2.26. The number of hydrogen-bond acceptors (Lipinski definition) is 3. The molecule has 1 aliphatic rings. The summed E-state index contributed by atoms with van der Waals surface area (Å²) in [6.45, 7) is 4.57. The Morgan fingerprint density at radius 2 is 1.92 bits per heavy atom. The fourth-order valence-corrected chi connectivity index (χ4v) is 3.50. The van der Waals surface area contributed by atoms with Gasteiger partial charge in [0.15, 0.2) is 5.96 Å². The predicted molar refractivity (Wildman–Crippen MR) is 106 cm³/mol. The second-order valence-corrected chi connectivity index (χ2v) is 7.91. The van der Waals surface area contributed by atoms with Crippen LogP contribution in [0.4, 0.5) is 0 Å². The Morgan fingerprint density at radius 1 is 1.20 bits per heavy atom. The van der Waals surface area contributed by atoms with Crippen LogP contribution < -0.4 is 16.0 Å². The quantitative estimate of drug-likeness (QED) is 0.273. The molecular weight excluding hydrogens is 332 g/mol. The molecule has 5 nitrogen and oxygen atoms in total. The van der Waals surface area contributed by atoms with Crippen molar-refractivity contribution in [2.45, 2.75) is 42.8 Å². The first-order valence-electron chi connectivity index (χ1n) is 9.13.